The molecule has 3 heterocycles. The van der Waals surface area contributed by atoms with Gasteiger partial charge in [-0.25, -0.2) is 9.37 Å². The fourth-order valence-corrected chi connectivity index (χ4v) is 5.99. The Morgan fingerprint density at radius 3 is 2.71 bits per heavy atom. The number of hydrogen-bond acceptors (Lipinski definition) is 7. The van der Waals surface area contributed by atoms with Gasteiger partial charge in [-0.1, -0.05) is 23.5 Å². The highest BCUT2D eigenvalue weighted by Crippen LogP contribution is 2.45. The summed E-state index contributed by atoms with van der Waals surface area (Å²) in [5.41, 5.74) is 2.39. The molecule has 0 saturated carbocycles. The number of thiazole rings is 1. The number of ketones is 1. The minimum atomic E-state index is -0.945. The van der Waals surface area contributed by atoms with Gasteiger partial charge in [-0.15, -0.1) is 0 Å². The van der Waals surface area contributed by atoms with Crippen LogP contribution >= 0.6 is 11.3 Å². The molecule has 1 fully saturated rings. The molecule has 6 rings (SSSR count). The molecule has 7 nitrogen and oxygen atoms in total. The van der Waals surface area contributed by atoms with Gasteiger partial charge in [-0.3, -0.25) is 14.5 Å². The van der Waals surface area contributed by atoms with E-state index < -0.39 is 23.5 Å². The van der Waals surface area contributed by atoms with E-state index in [1.165, 1.54) is 23.1 Å². The first kappa shape index (κ1) is 24.1. The van der Waals surface area contributed by atoms with Gasteiger partial charge in [-0.05, 0) is 73.5 Å². The number of amides is 1. The van der Waals surface area contributed by atoms with Crippen LogP contribution in [0.3, 0.4) is 0 Å². The number of fused-ring (bicyclic) bond motifs is 2. The van der Waals surface area contributed by atoms with Crippen molar-refractivity contribution in [2.24, 2.45) is 0 Å². The molecule has 1 amide bonds. The Bertz CT molecular complexity index is 1630. The second-order valence-electron chi connectivity index (χ2n) is 9.23. The van der Waals surface area contributed by atoms with Gasteiger partial charge in [-0.2, -0.15) is 0 Å². The normalized spacial score (nSPS) is 20.1. The van der Waals surface area contributed by atoms with E-state index in [4.69, 9.17) is 9.47 Å². The highest BCUT2D eigenvalue weighted by atomic mass is 32.1. The van der Waals surface area contributed by atoms with Gasteiger partial charge in [0.15, 0.2) is 5.13 Å². The summed E-state index contributed by atoms with van der Waals surface area (Å²) in [6.45, 7) is 4.32. The minimum Gasteiger partial charge on any atom is -0.507 e. The Hall–Kier alpha value is -4.24. The number of aromatic nitrogens is 1. The molecule has 0 aliphatic carbocycles. The van der Waals surface area contributed by atoms with Gasteiger partial charge in [0.1, 0.15) is 29.2 Å². The van der Waals surface area contributed by atoms with Crippen LogP contribution < -0.4 is 14.4 Å². The summed E-state index contributed by atoms with van der Waals surface area (Å²) >= 11 is 1.11. The van der Waals surface area contributed by atoms with Gasteiger partial charge in [0, 0.05) is 12.0 Å². The number of Topliss-reactive ketones (excluding diaryl/α,β-unsaturated/α-hetero) is 1. The Balaban J connectivity index is 1.51. The summed E-state index contributed by atoms with van der Waals surface area (Å²) < 4.78 is 25.7. The molecule has 9 heteroatoms. The Labute approximate surface area is 221 Å². The first-order chi connectivity index (χ1) is 18.3. The molecular formula is C29H23FN2O5S. The lowest BCUT2D eigenvalue weighted by Gasteiger charge is -2.23. The second kappa shape index (κ2) is 9.25. The lowest BCUT2D eigenvalue weighted by atomic mass is 9.94. The zero-order valence-corrected chi connectivity index (χ0v) is 21.4. The molecule has 0 spiro atoms. The molecule has 38 heavy (non-hydrogen) atoms. The molecule has 192 valence electrons. The predicted octanol–water partition coefficient (Wildman–Crippen LogP) is 5.78. The van der Waals surface area contributed by atoms with E-state index in [-0.39, 0.29) is 22.6 Å². The van der Waals surface area contributed by atoms with Crippen molar-refractivity contribution in [1.82, 2.24) is 4.98 Å². The van der Waals surface area contributed by atoms with Gasteiger partial charge in [0.2, 0.25) is 0 Å². The zero-order valence-electron chi connectivity index (χ0n) is 20.6. The molecular weight excluding hydrogens is 507 g/mol. The average Bonchev–Trinajstić information content (AvgIpc) is 3.56. The van der Waals surface area contributed by atoms with Crippen molar-refractivity contribution in [3.8, 4) is 11.5 Å². The fraction of sp³-hybridized carbons (Fsp3) is 0.207. The molecule has 0 bridgehead atoms. The summed E-state index contributed by atoms with van der Waals surface area (Å²) in [5, 5.41) is 11.7. The molecule has 4 aromatic rings. The van der Waals surface area contributed by atoms with Crippen LogP contribution in [0.2, 0.25) is 0 Å². The lowest BCUT2D eigenvalue weighted by Crippen LogP contribution is -2.29. The molecule has 2 aliphatic heterocycles. The maximum atomic E-state index is 13.9. The van der Waals surface area contributed by atoms with Crippen LogP contribution in [0, 0.1) is 5.82 Å². The SMILES string of the molecule is CCOc1ccc(C2/C(=C(\O)c3ccc4c(c3)CC(C)O4)C(=O)C(=O)N2c2nc3ccc(F)cc3s2)cc1. The maximum absolute atomic E-state index is 13.9. The van der Waals surface area contributed by atoms with Crippen LogP contribution in [0.5, 0.6) is 11.5 Å². The zero-order chi connectivity index (χ0) is 26.6. The van der Waals surface area contributed by atoms with E-state index in [0.717, 1.165) is 22.6 Å². The fourth-order valence-electron chi connectivity index (χ4n) is 4.97. The van der Waals surface area contributed by atoms with Crippen LogP contribution in [0.25, 0.3) is 16.0 Å². The number of carbonyl (C=O) groups excluding carboxylic acids is 2. The quantitative estimate of drug-likeness (QED) is 0.200. The molecule has 1 saturated heterocycles. The van der Waals surface area contributed by atoms with E-state index in [1.807, 2.05) is 13.8 Å². The number of carbonyl (C=O) groups is 2. The summed E-state index contributed by atoms with van der Waals surface area (Å²) in [6, 6.07) is 15.5. The van der Waals surface area contributed by atoms with Crippen LogP contribution in [0.15, 0.2) is 66.2 Å². The predicted molar refractivity (Wildman–Crippen MR) is 142 cm³/mol. The molecule has 2 aliphatic rings. The number of nitrogens with zero attached hydrogens (tertiary/aromatic N) is 2. The van der Waals surface area contributed by atoms with E-state index in [1.54, 1.807) is 42.5 Å². The van der Waals surface area contributed by atoms with E-state index in [0.29, 0.717) is 40.1 Å². The standard InChI is InChI=1S/C29H23FN2O5S/c1-3-36-20-8-4-16(5-9-20)25-24(26(33)17-6-11-22-18(13-17)12-15(2)37-22)27(34)28(35)32(25)29-31-21-10-7-19(30)14-23(21)38-29/h4-11,13-15,25,33H,3,12H2,1-2H3/b26-24+. The lowest BCUT2D eigenvalue weighted by molar-refractivity contribution is -0.132. The summed E-state index contributed by atoms with van der Waals surface area (Å²) in [6.07, 6.45) is 0.691. The summed E-state index contributed by atoms with van der Waals surface area (Å²) in [5.74, 6) is -0.970. The number of benzene rings is 3. The highest BCUT2D eigenvalue weighted by Gasteiger charge is 2.48. The van der Waals surface area contributed by atoms with Gasteiger partial charge in [0.05, 0.1) is 28.4 Å². The number of rotatable bonds is 5. The largest absolute Gasteiger partial charge is 0.507 e. The minimum absolute atomic E-state index is 0.0145. The third kappa shape index (κ3) is 3.99. The summed E-state index contributed by atoms with van der Waals surface area (Å²) in [7, 11) is 0. The van der Waals surface area contributed by atoms with Crippen molar-refractivity contribution in [2.75, 3.05) is 11.5 Å². The Morgan fingerprint density at radius 1 is 1.16 bits per heavy atom. The number of aliphatic hydroxyl groups is 1. The van der Waals surface area contributed by atoms with Crippen LogP contribution in [0.4, 0.5) is 9.52 Å². The average molecular weight is 531 g/mol. The number of halogens is 1. The number of hydrogen-bond donors (Lipinski definition) is 1. The third-order valence-electron chi connectivity index (χ3n) is 6.67. The number of anilines is 1. The van der Waals surface area contributed by atoms with Crippen molar-refractivity contribution in [2.45, 2.75) is 32.4 Å². The number of ether oxygens (including phenoxy) is 2. The van der Waals surface area contributed by atoms with Crippen LogP contribution in [-0.4, -0.2) is 34.5 Å². The first-order valence-corrected chi connectivity index (χ1v) is 13.1. The number of aliphatic hydroxyl groups excluding tert-OH is 1. The monoisotopic (exact) mass is 530 g/mol. The first-order valence-electron chi connectivity index (χ1n) is 12.2. The smallest absolute Gasteiger partial charge is 0.301 e. The molecule has 1 N–H and O–H groups in total. The second-order valence-corrected chi connectivity index (χ2v) is 10.2. The van der Waals surface area contributed by atoms with Gasteiger partial charge in [0.25, 0.3) is 5.78 Å². The Kier molecular flexibility index (Phi) is 5.87. The van der Waals surface area contributed by atoms with Crippen molar-refractivity contribution in [3.05, 3.63) is 88.7 Å². The van der Waals surface area contributed by atoms with E-state index in [9.17, 15) is 19.1 Å². The van der Waals surface area contributed by atoms with E-state index in [2.05, 4.69) is 4.98 Å². The van der Waals surface area contributed by atoms with Gasteiger partial charge < -0.3 is 14.6 Å². The van der Waals surface area contributed by atoms with Crippen LogP contribution in [0.1, 0.15) is 36.6 Å². The van der Waals surface area contributed by atoms with Gasteiger partial charge >= 0.3 is 5.91 Å². The molecule has 0 radical (unpaired) electrons. The van der Waals surface area contributed by atoms with Crippen LogP contribution in [-0.2, 0) is 16.0 Å². The van der Waals surface area contributed by atoms with Crippen molar-refractivity contribution in [1.29, 1.82) is 0 Å². The van der Waals surface area contributed by atoms with Crippen molar-refractivity contribution < 1.29 is 28.6 Å². The van der Waals surface area contributed by atoms with Crippen molar-refractivity contribution >= 4 is 44.1 Å². The topological polar surface area (TPSA) is 89.0 Å². The van der Waals surface area contributed by atoms with Crippen molar-refractivity contribution in [3.63, 3.8) is 0 Å². The molecule has 2 unspecified atom stereocenters. The molecule has 1 aromatic heterocycles. The molecule has 3 aromatic carbocycles. The maximum Gasteiger partial charge on any atom is 0.301 e. The van der Waals surface area contributed by atoms with E-state index >= 15 is 0 Å². The highest BCUT2D eigenvalue weighted by molar-refractivity contribution is 7.22. The molecule has 2 atom stereocenters. The Morgan fingerprint density at radius 2 is 1.95 bits per heavy atom. The summed E-state index contributed by atoms with van der Waals surface area (Å²) in [4.78, 5) is 32.7. The third-order valence-corrected chi connectivity index (χ3v) is 7.68.